The maximum atomic E-state index is 12.0. The van der Waals surface area contributed by atoms with Gasteiger partial charge in [-0.25, -0.2) is 9.67 Å². The molecule has 0 aliphatic heterocycles. The number of rotatable bonds is 5. The molecular weight excluding hydrogens is 344 g/mol. The lowest BCUT2D eigenvalue weighted by Crippen LogP contribution is -2.14. The number of nitrogens with one attached hydrogen (secondary N) is 1. The van der Waals surface area contributed by atoms with Crippen LogP contribution in [0, 0.1) is 6.92 Å². The van der Waals surface area contributed by atoms with Crippen molar-refractivity contribution >= 4 is 35.0 Å². The normalized spacial score (nSPS) is 10.6. The zero-order chi connectivity index (χ0) is 16.9. The van der Waals surface area contributed by atoms with E-state index in [1.165, 1.54) is 11.8 Å². The van der Waals surface area contributed by atoms with Crippen LogP contribution in [0.15, 0.2) is 60.0 Å². The zero-order valence-electron chi connectivity index (χ0n) is 12.9. The van der Waals surface area contributed by atoms with E-state index in [0.29, 0.717) is 10.2 Å². The van der Waals surface area contributed by atoms with Crippen molar-refractivity contribution in [2.75, 3.05) is 11.1 Å². The van der Waals surface area contributed by atoms with E-state index in [1.807, 2.05) is 43.3 Å². The topological polar surface area (TPSA) is 59.8 Å². The lowest BCUT2D eigenvalue weighted by Gasteiger charge is -2.06. The zero-order valence-corrected chi connectivity index (χ0v) is 14.5. The third-order valence-corrected chi connectivity index (χ3v) is 4.54. The molecule has 122 valence electrons. The van der Waals surface area contributed by atoms with Gasteiger partial charge in [0.25, 0.3) is 0 Å². The minimum Gasteiger partial charge on any atom is -0.325 e. The quantitative estimate of drug-likeness (QED) is 0.701. The number of aryl methyl sites for hydroxylation is 1. The van der Waals surface area contributed by atoms with Gasteiger partial charge in [0, 0.05) is 10.7 Å². The van der Waals surface area contributed by atoms with Crippen LogP contribution in [-0.2, 0) is 4.79 Å². The molecule has 1 aromatic heterocycles. The van der Waals surface area contributed by atoms with Crippen molar-refractivity contribution in [2.24, 2.45) is 0 Å². The summed E-state index contributed by atoms with van der Waals surface area (Å²) in [7, 11) is 0. The highest BCUT2D eigenvalue weighted by atomic mass is 35.5. The SMILES string of the molecule is Cc1cc(NC(=O)CSc2ncn(-c3ccccc3)n2)ccc1Cl. The van der Waals surface area contributed by atoms with Crippen LogP contribution < -0.4 is 5.32 Å². The number of halogens is 1. The maximum absolute atomic E-state index is 12.0. The Morgan fingerprint density at radius 3 is 2.79 bits per heavy atom. The average molecular weight is 359 g/mol. The van der Waals surface area contributed by atoms with Gasteiger partial charge in [-0.1, -0.05) is 41.6 Å². The number of anilines is 1. The second-order valence-corrected chi connectivity index (χ2v) is 6.46. The van der Waals surface area contributed by atoms with E-state index in [2.05, 4.69) is 15.4 Å². The Hall–Kier alpha value is -2.31. The molecule has 3 aromatic rings. The van der Waals surface area contributed by atoms with Crippen LogP contribution in [0.5, 0.6) is 0 Å². The summed E-state index contributed by atoms with van der Waals surface area (Å²) in [6.07, 6.45) is 1.64. The molecule has 3 rings (SSSR count). The fourth-order valence-corrected chi connectivity index (χ4v) is 2.79. The summed E-state index contributed by atoms with van der Waals surface area (Å²) in [6, 6.07) is 15.1. The van der Waals surface area contributed by atoms with E-state index in [-0.39, 0.29) is 11.7 Å². The molecule has 1 N–H and O–H groups in total. The van der Waals surface area contributed by atoms with Crippen molar-refractivity contribution in [3.05, 3.63) is 65.4 Å². The molecular formula is C17H15ClN4OS. The smallest absolute Gasteiger partial charge is 0.234 e. The third kappa shape index (κ3) is 4.15. The molecule has 1 amide bonds. The molecule has 1 heterocycles. The number of amides is 1. The molecule has 0 atom stereocenters. The summed E-state index contributed by atoms with van der Waals surface area (Å²) in [5.41, 5.74) is 2.58. The van der Waals surface area contributed by atoms with Crippen molar-refractivity contribution < 1.29 is 4.79 Å². The largest absolute Gasteiger partial charge is 0.325 e. The van der Waals surface area contributed by atoms with Gasteiger partial charge in [-0.2, -0.15) is 0 Å². The summed E-state index contributed by atoms with van der Waals surface area (Å²) in [5.74, 6) is 0.123. The number of para-hydroxylation sites is 1. The van der Waals surface area contributed by atoms with Gasteiger partial charge in [0.15, 0.2) is 0 Å². The highest BCUT2D eigenvalue weighted by Crippen LogP contribution is 2.20. The maximum Gasteiger partial charge on any atom is 0.234 e. The first kappa shape index (κ1) is 16.5. The molecule has 5 nitrogen and oxygen atoms in total. The summed E-state index contributed by atoms with van der Waals surface area (Å²) in [4.78, 5) is 16.2. The summed E-state index contributed by atoms with van der Waals surface area (Å²) < 4.78 is 1.68. The monoisotopic (exact) mass is 358 g/mol. The van der Waals surface area contributed by atoms with E-state index in [4.69, 9.17) is 11.6 Å². The van der Waals surface area contributed by atoms with Crippen molar-refractivity contribution in [2.45, 2.75) is 12.1 Å². The van der Waals surface area contributed by atoms with Crippen LogP contribution >= 0.6 is 23.4 Å². The van der Waals surface area contributed by atoms with E-state index >= 15 is 0 Å². The standard InChI is InChI=1S/C17H15ClN4OS/c1-12-9-13(7-8-15(12)18)20-16(23)10-24-17-19-11-22(21-17)14-5-3-2-4-6-14/h2-9,11H,10H2,1H3,(H,20,23). The van der Waals surface area contributed by atoms with Gasteiger partial charge in [-0.15, -0.1) is 5.10 Å². The Morgan fingerprint density at radius 1 is 1.25 bits per heavy atom. The van der Waals surface area contributed by atoms with Crippen LogP contribution in [-0.4, -0.2) is 26.4 Å². The molecule has 0 aliphatic carbocycles. The fraction of sp³-hybridized carbons (Fsp3) is 0.118. The predicted octanol–water partition coefficient (Wildman–Crippen LogP) is 3.96. The Balaban J connectivity index is 1.56. The van der Waals surface area contributed by atoms with Gasteiger partial charge in [0.05, 0.1) is 11.4 Å². The number of nitrogens with zero attached hydrogens (tertiary/aromatic N) is 3. The van der Waals surface area contributed by atoms with E-state index in [0.717, 1.165) is 16.9 Å². The van der Waals surface area contributed by atoms with Crippen molar-refractivity contribution in [1.29, 1.82) is 0 Å². The molecule has 0 saturated heterocycles. The number of benzene rings is 2. The van der Waals surface area contributed by atoms with Crippen LogP contribution in [0.1, 0.15) is 5.56 Å². The van der Waals surface area contributed by atoms with Gasteiger partial charge in [0.1, 0.15) is 6.33 Å². The van der Waals surface area contributed by atoms with Crippen LogP contribution in [0.3, 0.4) is 0 Å². The first-order chi connectivity index (χ1) is 11.6. The van der Waals surface area contributed by atoms with Gasteiger partial charge in [-0.05, 0) is 42.8 Å². The second-order valence-electron chi connectivity index (χ2n) is 5.11. The van der Waals surface area contributed by atoms with Crippen molar-refractivity contribution in [1.82, 2.24) is 14.8 Å². The summed E-state index contributed by atoms with van der Waals surface area (Å²) in [6.45, 7) is 1.90. The number of carbonyl (C=O) groups excluding carboxylic acids is 1. The van der Waals surface area contributed by atoms with Gasteiger partial charge in [-0.3, -0.25) is 4.79 Å². The van der Waals surface area contributed by atoms with Gasteiger partial charge >= 0.3 is 0 Å². The van der Waals surface area contributed by atoms with Crippen molar-refractivity contribution in [3.63, 3.8) is 0 Å². The Labute approximate surface area is 149 Å². The predicted molar refractivity (Wildman–Crippen MR) is 96.9 cm³/mol. The summed E-state index contributed by atoms with van der Waals surface area (Å²) in [5, 5.41) is 8.43. The van der Waals surface area contributed by atoms with Crippen LogP contribution in [0.25, 0.3) is 5.69 Å². The Morgan fingerprint density at radius 2 is 2.04 bits per heavy atom. The van der Waals surface area contributed by atoms with Crippen LogP contribution in [0.2, 0.25) is 5.02 Å². The Bertz CT molecular complexity index is 851. The lowest BCUT2D eigenvalue weighted by molar-refractivity contribution is -0.113. The highest BCUT2D eigenvalue weighted by molar-refractivity contribution is 7.99. The number of thioether (sulfide) groups is 1. The van der Waals surface area contributed by atoms with Crippen LogP contribution in [0.4, 0.5) is 5.69 Å². The molecule has 0 saturated carbocycles. The molecule has 0 aliphatic rings. The molecule has 7 heteroatoms. The molecule has 0 spiro atoms. The number of hydrogen-bond acceptors (Lipinski definition) is 4. The minimum absolute atomic E-state index is 0.113. The Kier molecular flexibility index (Phi) is 5.17. The van der Waals surface area contributed by atoms with Gasteiger partial charge in [0.2, 0.25) is 11.1 Å². The number of carbonyl (C=O) groups is 1. The lowest BCUT2D eigenvalue weighted by atomic mass is 10.2. The molecule has 0 bridgehead atoms. The molecule has 2 aromatic carbocycles. The van der Waals surface area contributed by atoms with E-state index in [1.54, 1.807) is 23.1 Å². The fourth-order valence-electron chi connectivity index (χ4n) is 2.07. The van der Waals surface area contributed by atoms with Gasteiger partial charge < -0.3 is 5.32 Å². The molecule has 0 radical (unpaired) electrons. The average Bonchev–Trinajstić information content (AvgIpc) is 3.06. The summed E-state index contributed by atoms with van der Waals surface area (Å²) >= 11 is 7.27. The van der Waals surface area contributed by atoms with E-state index < -0.39 is 0 Å². The first-order valence-corrected chi connectivity index (χ1v) is 8.64. The number of aromatic nitrogens is 3. The number of hydrogen-bond donors (Lipinski definition) is 1. The minimum atomic E-state index is -0.113. The highest BCUT2D eigenvalue weighted by Gasteiger charge is 2.08. The molecule has 24 heavy (non-hydrogen) atoms. The second kappa shape index (κ2) is 7.51. The van der Waals surface area contributed by atoms with E-state index in [9.17, 15) is 4.79 Å². The third-order valence-electron chi connectivity index (χ3n) is 3.27. The van der Waals surface area contributed by atoms with Crippen molar-refractivity contribution in [3.8, 4) is 5.69 Å². The molecule has 0 fully saturated rings. The first-order valence-electron chi connectivity index (χ1n) is 7.28. The molecule has 0 unspecified atom stereocenters.